The Balaban J connectivity index is 2.29. The van der Waals surface area contributed by atoms with Gasteiger partial charge in [-0.2, -0.15) is 0 Å². The zero-order valence-corrected chi connectivity index (χ0v) is 15.2. The van der Waals surface area contributed by atoms with Gasteiger partial charge in [0.25, 0.3) is 7.44 Å². The van der Waals surface area contributed by atoms with E-state index >= 15 is 0 Å². The van der Waals surface area contributed by atoms with Crippen LogP contribution in [0.1, 0.15) is 12.0 Å². The molecule has 0 aliphatic rings. The maximum Gasteiger partial charge on any atom is 0.266 e. The van der Waals surface area contributed by atoms with Gasteiger partial charge in [0, 0.05) is 31.0 Å². The van der Waals surface area contributed by atoms with E-state index < -0.39 is 7.44 Å². The van der Waals surface area contributed by atoms with Crippen LogP contribution < -0.4 is 15.7 Å². The molecule has 0 aliphatic carbocycles. The number of benzene rings is 2. The molecular weight excluding hydrogens is 321 g/mol. The smallest absolute Gasteiger partial charge is 0.266 e. The second kappa shape index (κ2) is 8.13. The molecule has 0 fully saturated rings. The van der Waals surface area contributed by atoms with Crippen LogP contribution in [-0.4, -0.2) is 31.2 Å². The molecule has 2 aromatic carbocycles. The third-order valence-corrected chi connectivity index (χ3v) is 6.58. The van der Waals surface area contributed by atoms with E-state index in [-0.39, 0.29) is 5.91 Å². The monoisotopic (exact) mass is 345 g/mol. The first-order valence-corrected chi connectivity index (χ1v) is 9.54. The lowest BCUT2D eigenvalue weighted by molar-refractivity contribution is -0.120. The van der Waals surface area contributed by atoms with Crippen molar-refractivity contribution < 1.29 is 9.36 Å². The van der Waals surface area contributed by atoms with E-state index in [1.165, 1.54) is 0 Å². The Morgan fingerprint density at radius 3 is 2.29 bits per heavy atom. The topological polar surface area (TPSA) is 61.4 Å². The van der Waals surface area contributed by atoms with E-state index in [1.54, 1.807) is 18.8 Å². The molecule has 24 heavy (non-hydrogen) atoms. The first-order valence-electron chi connectivity index (χ1n) is 7.88. The fraction of sp³-hybridized carbons (Fsp3) is 0.278. The van der Waals surface area contributed by atoms with Crippen molar-refractivity contribution in [2.45, 2.75) is 13.3 Å². The summed E-state index contributed by atoms with van der Waals surface area (Å²) >= 11 is 0. The highest BCUT2D eigenvalue weighted by atomic mass is 31.2. The molecule has 6 heteroatoms. The van der Waals surface area contributed by atoms with Crippen LogP contribution in [0.15, 0.2) is 54.6 Å². The van der Waals surface area contributed by atoms with Crippen molar-refractivity contribution in [2.75, 3.05) is 25.7 Å². The Hall–Kier alpha value is -2.10. The minimum Gasteiger partial charge on any atom is -0.359 e. The molecule has 2 aromatic rings. The molecule has 128 valence electrons. The van der Waals surface area contributed by atoms with Crippen molar-refractivity contribution in [3.63, 3.8) is 0 Å². The van der Waals surface area contributed by atoms with Gasteiger partial charge in [-0.1, -0.05) is 35.9 Å². The Labute approximate surface area is 143 Å². The standard InChI is InChI=1S/C18H24N3O2P/c1-15-9-11-16(12-10-15)20-24(23,17-7-5-4-6-8-17)21(3)14-13-18(22)19-2/h4-12H,13-14H2,1-3H3,(H,19,22)(H,20,23). The van der Waals surface area contributed by atoms with Crippen molar-refractivity contribution >= 4 is 24.3 Å². The second-order valence-corrected chi connectivity index (χ2v) is 8.27. The molecule has 5 nitrogen and oxygen atoms in total. The number of aryl methyl sites for hydroxylation is 1. The normalized spacial score (nSPS) is 13.3. The largest absolute Gasteiger partial charge is 0.359 e. The van der Waals surface area contributed by atoms with Crippen LogP contribution in [0.4, 0.5) is 5.69 Å². The van der Waals surface area contributed by atoms with Crippen LogP contribution >= 0.6 is 7.44 Å². The summed E-state index contributed by atoms with van der Waals surface area (Å²) in [5.74, 6) is -0.0724. The highest BCUT2D eigenvalue weighted by molar-refractivity contribution is 7.70. The van der Waals surface area contributed by atoms with Crippen LogP contribution in [0, 0.1) is 6.92 Å². The molecule has 0 saturated heterocycles. The Morgan fingerprint density at radius 1 is 1.08 bits per heavy atom. The van der Waals surface area contributed by atoms with Crippen molar-refractivity contribution in [1.29, 1.82) is 0 Å². The molecule has 0 radical (unpaired) electrons. The third-order valence-electron chi connectivity index (χ3n) is 3.86. The molecule has 0 spiro atoms. The average Bonchev–Trinajstić information content (AvgIpc) is 2.61. The minimum atomic E-state index is -3.06. The summed E-state index contributed by atoms with van der Waals surface area (Å²) in [7, 11) is 0.313. The molecule has 1 unspecified atom stereocenters. The van der Waals surface area contributed by atoms with E-state index in [0.717, 1.165) is 11.3 Å². The first kappa shape index (κ1) is 18.2. The third kappa shape index (κ3) is 4.47. The van der Waals surface area contributed by atoms with Crippen molar-refractivity contribution in [2.24, 2.45) is 0 Å². The van der Waals surface area contributed by atoms with Crippen LogP contribution in [0.5, 0.6) is 0 Å². The summed E-state index contributed by atoms with van der Waals surface area (Å²) in [5.41, 5.74) is 1.93. The molecule has 2 N–H and O–H groups in total. The second-order valence-electron chi connectivity index (χ2n) is 5.69. The average molecular weight is 345 g/mol. The summed E-state index contributed by atoms with van der Waals surface area (Å²) in [6.45, 7) is 2.40. The van der Waals surface area contributed by atoms with E-state index in [0.29, 0.717) is 18.3 Å². The Morgan fingerprint density at radius 2 is 1.71 bits per heavy atom. The van der Waals surface area contributed by atoms with Gasteiger partial charge < -0.3 is 10.4 Å². The maximum atomic E-state index is 13.8. The number of rotatable bonds is 7. The number of nitrogens with zero attached hydrogens (tertiary/aromatic N) is 1. The lowest BCUT2D eigenvalue weighted by Gasteiger charge is -2.30. The van der Waals surface area contributed by atoms with Crippen molar-refractivity contribution in [1.82, 2.24) is 9.99 Å². The van der Waals surface area contributed by atoms with Gasteiger partial charge in [-0.15, -0.1) is 0 Å². The van der Waals surface area contributed by atoms with E-state index in [4.69, 9.17) is 0 Å². The Bertz CT molecular complexity index is 717. The van der Waals surface area contributed by atoms with Gasteiger partial charge in [-0.05, 0) is 38.2 Å². The highest BCUT2D eigenvalue weighted by Crippen LogP contribution is 2.47. The predicted molar refractivity (Wildman–Crippen MR) is 99.8 cm³/mol. The van der Waals surface area contributed by atoms with E-state index in [2.05, 4.69) is 10.4 Å². The zero-order valence-electron chi connectivity index (χ0n) is 14.3. The molecular formula is C18H24N3O2P. The molecule has 0 heterocycles. The van der Waals surface area contributed by atoms with Crippen molar-refractivity contribution in [3.8, 4) is 0 Å². The van der Waals surface area contributed by atoms with Gasteiger partial charge in [-0.25, -0.2) is 4.67 Å². The molecule has 1 atom stereocenters. The summed E-state index contributed by atoms with van der Waals surface area (Å²) in [6, 6.07) is 17.1. The Kier molecular flexibility index (Phi) is 6.18. The van der Waals surface area contributed by atoms with Crippen LogP contribution in [0.3, 0.4) is 0 Å². The van der Waals surface area contributed by atoms with Gasteiger partial charge >= 0.3 is 0 Å². The summed E-state index contributed by atoms with van der Waals surface area (Å²) in [5, 5.41) is 6.49. The van der Waals surface area contributed by atoms with Gasteiger partial charge in [0.15, 0.2) is 0 Å². The number of hydrogen-bond donors (Lipinski definition) is 2. The first-order chi connectivity index (χ1) is 11.5. The molecule has 0 aliphatic heterocycles. The van der Waals surface area contributed by atoms with Crippen molar-refractivity contribution in [3.05, 3.63) is 60.2 Å². The van der Waals surface area contributed by atoms with Gasteiger partial charge in [-0.3, -0.25) is 9.36 Å². The molecule has 0 aromatic heterocycles. The lowest BCUT2D eigenvalue weighted by Crippen LogP contribution is -2.30. The summed E-state index contributed by atoms with van der Waals surface area (Å²) in [6.07, 6.45) is 0.291. The fourth-order valence-electron chi connectivity index (χ4n) is 2.31. The predicted octanol–water partition coefficient (Wildman–Crippen LogP) is 2.99. The number of nitrogens with one attached hydrogen (secondary N) is 2. The molecule has 1 amide bonds. The molecule has 0 saturated carbocycles. The number of hydrogen-bond acceptors (Lipinski definition) is 2. The molecule has 0 bridgehead atoms. The van der Waals surface area contributed by atoms with Gasteiger partial charge in [0.1, 0.15) is 0 Å². The number of carbonyl (C=O) groups is 1. The quantitative estimate of drug-likeness (QED) is 0.758. The number of carbonyl (C=O) groups excluding carboxylic acids is 1. The van der Waals surface area contributed by atoms with Crippen LogP contribution in [-0.2, 0) is 9.36 Å². The number of anilines is 1. The van der Waals surface area contributed by atoms with E-state index in [1.807, 2.05) is 61.5 Å². The highest BCUT2D eigenvalue weighted by Gasteiger charge is 2.30. The van der Waals surface area contributed by atoms with Gasteiger partial charge in [0.05, 0.1) is 0 Å². The lowest BCUT2D eigenvalue weighted by atomic mass is 10.2. The minimum absolute atomic E-state index is 0.0724. The summed E-state index contributed by atoms with van der Waals surface area (Å²) < 4.78 is 15.5. The fourth-order valence-corrected chi connectivity index (χ4v) is 4.46. The van der Waals surface area contributed by atoms with E-state index in [9.17, 15) is 9.36 Å². The van der Waals surface area contributed by atoms with Crippen LogP contribution in [0.2, 0.25) is 0 Å². The number of amides is 1. The molecule has 2 rings (SSSR count). The van der Waals surface area contributed by atoms with Crippen LogP contribution in [0.25, 0.3) is 0 Å². The maximum absolute atomic E-state index is 13.8. The zero-order chi connectivity index (χ0) is 17.6. The summed E-state index contributed by atoms with van der Waals surface area (Å²) in [4.78, 5) is 11.5. The SMILES string of the molecule is CNC(=O)CCN(C)P(=O)(Nc1ccc(C)cc1)c1ccccc1. The van der Waals surface area contributed by atoms with Gasteiger partial charge in [0.2, 0.25) is 5.91 Å².